The number of H-pyrrole nitrogens is 1. The van der Waals surface area contributed by atoms with Crippen molar-refractivity contribution < 1.29 is 9.90 Å². The first-order chi connectivity index (χ1) is 9.06. The summed E-state index contributed by atoms with van der Waals surface area (Å²) in [7, 11) is 1.66. The number of hydrogen-bond donors (Lipinski definition) is 2. The SMILES string of the molecule is CN(Cc1ccc(O)cc1)C(=O)c1cc[nH]c(=O)c1. The summed E-state index contributed by atoms with van der Waals surface area (Å²) >= 11 is 0. The number of rotatable bonds is 3. The number of amides is 1. The molecule has 2 aromatic rings. The van der Waals surface area contributed by atoms with E-state index in [-0.39, 0.29) is 17.2 Å². The monoisotopic (exact) mass is 258 g/mol. The quantitative estimate of drug-likeness (QED) is 0.872. The highest BCUT2D eigenvalue weighted by molar-refractivity contribution is 5.93. The molecule has 5 heteroatoms. The van der Waals surface area contributed by atoms with Crippen molar-refractivity contribution >= 4 is 5.91 Å². The van der Waals surface area contributed by atoms with E-state index in [4.69, 9.17) is 0 Å². The van der Waals surface area contributed by atoms with E-state index in [0.29, 0.717) is 12.1 Å². The van der Waals surface area contributed by atoms with Crippen LogP contribution in [0, 0.1) is 0 Å². The normalized spacial score (nSPS) is 10.2. The first kappa shape index (κ1) is 12.9. The lowest BCUT2D eigenvalue weighted by atomic mass is 10.2. The Morgan fingerprint density at radius 3 is 2.58 bits per heavy atom. The topological polar surface area (TPSA) is 73.4 Å². The van der Waals surface area contributed by atoms with Gasteiger partial charge in [0.1, 0.15) is 5.75 Å². The number of benzene rings is 1. The lowest BCUT2D eigenvalue weighted by molar-refractivity contribution is 0.0785. The molecule has 1 amide bonds. The summed E-state index contributed by atoms with van der Waals surface area (Å²) in [4.78, 5) is 27.2. The molecular formula is C14H14N2O3. The van der Waals surface area contributed by atoms with Gasteiger partial charge in [0.05, 0.1) is 0 Å². The van der Waals surface area contributed by atoms with Crippen molar-refractivity contribution in [1.82, 2.24) is 9.88 Å². The number of aromatic hydroxyl groups is 1. The molecule has 0 unspecified atom stereocenters. The summed E-state index contributed by atoms with van der Waals surface area (Å²) in [5.74, 6) is -0.0357. The number of aromatic amines is 1. The van der Waals surface area contributed by atoms with Crippen LogP contribution < -0.4 is 5.56 Å². The van der Waals surface area contributed by atoms with E-state index in [9.17, 15) is 14.7 Å². The Kier molecular flexibility index (Phi) is 3.66. The van der Waals surface area contributed by atoms with Gasteiger partial charge >= 0.3 is 0 Å². The summed E-state index contributed by atoms with van der Waals surface area (Å²) in [5, 5.41) is 9.19. The molecule has 1 aromatic carbocycles. The highest BCUT2D eigenvalue weighted by Gasteiger charge is 2.12. The van der Waals surface area contributed by atoms with Crippen molar-refractivity contribution in [2.45, 2.75) is 6.54 Å². The molecule has 0 aliphatic heterocycles. The Bertz CT molecular complexity index is 632. The predicted molar refractivity (Wildman–Crippen MR) is 71.0 cm³/mol. The van der Waals surface area contributed by atoms with Gasteiger partial charge in [0.25, 0.3) is 5.91 Å². The van der Waals surface area contributed by atoms with E-state index < -0.39 is 0 Å². The Morgan fingerprint density at radius 1 is 1.26 bits per heavy atom. The molecule has 2 N–H and O–H groups in total. The summed E-state index contributed by atoms with van der Waals surface area (Å²) < 4.78 is 0. The smallest absolute Gasteiger partial charge is 0.254 e. The molecular weight excluding hydrogens is 244 g/mol. The number of phenolic OH excluding ortho intramolecular Hbond substituents is 1. The molecule has 1 heterocycles. The maximum atomic E-state index is 12.1. The molecule has 1 aromatic heterocycles. The van der Waals surface area contributed by atoms with Crippen LogP contribution in [0.5, 0.6) is 5.75 Å². The van der Waals surface area contributed by atoms with Crippen LogP contribution in [0.4, 0.5) is 0 Å². The zero-order valence-corrected chi connectivity index (χ0v) is 10.5. The number of carbonyl (C=O) groups excluding carboxylic acids is 1. The minimum Gasteiger partial charge on any atom is -0.508 e. The van der Waals surface area contributed by atoms with E-state index >= 15 is 0 Å². The molecule has 0 spiro atoms. The fourth-order valence-corrected chi connectivity index (χ4v) is 1.75. The third-order valence-corrected chi connectivity index (χ3v) is 2.72. The van der Waals surface area contributed by atoms with Crippen molar-refractivity contribution in [1.29, 1.82) is 0 Å². The third-order valence-electron chi connectivity index (χ3n) is 2.72. The van der Waals surface area contributed by atoms with Gasteiger partial charge in [-0.25, -0.2) is 0 Å². The molecule has 0 aliphatic carbocycles. The molecule has 0 atom stereocenters. The first-order valence-corrected chi connectivity index (χ1v) is 5.78. The van der Waals surface area contributed by atoms with Crippen LogP contribution in [-0.2, 0) is 6.54 Å². The van der Waals surface area contributed by atoms with E-state index in [1.807, 2.05) is 0 Å². The number of aromatic nitrogens is 1. The minimum atomic E-state index is -0.302. The van der Waals surface area contributed by atoms with Crippen LogP contribution >= 0.6 is 0 Å². The van der Waals surface area contributed by atoms with E-state index in [1.165, 1.54) is 17.2 Å². The number of nitrogens with zero attached hydrogens (tertiary/aromatic N) is 1. The second kappa shape index (κ2) is 5.39. The fourth-order valence-electron chi connectivity index (χ4n) is 1.75. The van der Waals surface area contributed by atoms with Gasteiger partial charge in [0.2, 0.25) is 5.56 Å². The van der Waals surface area contributed by atoms with Crippen LogP contribution in [-0.4, -0.2) is 27.9 Å². The Hall–Kier alpha value is -2.56. The van der Waals surface area contributed by atoms with Crippen molar-refractivity contribution in [3.63, 3.8) is 0 Å². The Balaban J connectivity index is 2.11. The van der Waals surface area contributed by atoms with Crippen molar-refractivity contribution in [3.8, 4) is 5.75 Å². The van der Waals surface area contributed by atoms with Gasteiger partial charge in [-0.15, -0.1) is 0 Å². The maximum Gasteiger partial charge on any atom is 0.254 e. The third kappa shape index (κ3) is 3.22. The van der Waals surface area contributed by atoms with Gasteiger partial charge in [-0.05, 0) is 23.8 Å². The highest BCUT2D eigenvalue weighted by Crippen LogP contribution is 2.12. The largest absolute Gasteiger partial charge is 0.508 e. The standard InChI is InChI=1S/C14H14N2O3/c1-16(9-10-2-4-12(17)5-3-10)14(19)11-6-7-15-13(18)8-11/h2-8,17H,9H2,1H3,(H,15,18). The van der Waals surface area contributed by atoms with Crippen LogP contribution in [0.1, 0.15) is 15.9 Å². The van der Waals surface area contributed by atoms with Crippen LogP contribution in [0.3, 0.4) is 0 Å². The maximum absolute atomic E-state index is 12.1. The summed E-state index contributed by atoms with van der Waals surface area (Å²) in [6.45, 7) is 0.409. The van der Waals surface area contributed by atoms with Crippen molar-refractivity contribution in [3.05, 3.63) is 64.1 Å². The lowest BCUT2D eigenvalue weighted by Crippen LogP contribution is -2.27. The van der Waals surface area contributed by atoms with Crippen LogP contribution in [0.25, 0.3) is 0 Å². The molecule has 0 saturated heterocycles. The lowest BCUT2D eigenvalue weighted by Gasteiger charge is -2.17. The molecule has 2 rings (SSSR count). The Morgan fingerprint density at radius 2 is 1.95 bits per heavy atom. The molecule has 0 saturated carbocycles. The zero-order valence-electron chi connectivity index (χ0n) is 10.5. The number of pyridine rings is 1. The molecule has 19 heavy (non-hydrogen) atoms. The fraction of sp³-hybridized carbons (Fsp3) is 0.143. The van der Waals surface area contributed by atoms with Gasteiger partial charge in [-0.1, -0.05) is 12.1 Å². The zero-order chi connectivity index (χ0) is 13.8. The van der Waals surface area contributed by atoms with E-state index in [0.717, 1.165) is 5.56 Å². The molecule has 0 aliphatic rings. The molecule has 0 fully saturated rings. The number of nitrogens with one attached hydrogen (secondary N) is 1. The predicted octanol–water partition coefficient (Wildman–Crippen LogP) is 1.35. The van der Waals surface area contributed by atoms with Gasteiger partial charge in [-0.2, -0.15) is 0 Å². The van der Waals surface area contributed by atoms with Gasteiger partial charge in [-0.3, -0.25) is 9.59 Å². The first-order valence-electron chi connectivity index (χ1n) is 5.78. The second-order valence-electron chi connectivity index (χ2n) is 4.27. The number of hydrogen-bond acceptors (Lipinski definition) is 3. The number of phenols is 1. The molecule has 98 valence electrons. The van der Waals surface area contributed by atoms with Gasteiger partial charge in [0.15, 0.2) is 0 Å². The summed E-state index contributed by atoms with van der Waals surface area (Å²) in [5.41, 5.74) is 0.951. The second-order valence-corrected chi connectivity index (χ2v) is 4.27. The summed E-state index contributed by atoms with van der Waals surface area (Å²) in [6, 6.07) is 9.47. The van der Waals surface area contributed by atoms with E-state index in [1.54, 1.807) is 37.4 Å². The average molecular weight is 258 g/mol. The van der Waals surface area contributed by atoms with Gasteiger partial charge < -0.3 is 15.0 Å². The van der Waals surface area contributed by atoms with E-state index in [2.05, 4.69) is 4.98 Å². The van der Waals surface area contributed by atoms with Crippen molar-refractivity contribution in [2.24, 2.45) is 0 Å². The van der Waals surface area contributed by atoms with Crippen LogP contribution in [0.15, 0.2) is 47.4 Å². The number of carbonyl (C=O) groups is 1. The highest BCUT2D eigenvalue weighted by atomic mass is 16.3. The van der Waals surface area contributed by atoms with Crippen LogP contribution in [0.2, 0.25) is 0 Å². The Labute approximate surface area is 110 Å². The molecule has 5 nitrogen and oxygen atoms in total. The average Bonchev–Trinajstić information content (AvgIpc) is 2.40. The minimum absolute atomic E-state index is 0.187. The van der Waals surface area contributed by atoms with Crippen molar-refractivity contribution in [2.75, 3.05) is 7.05 Å². The summed E-state index contributed by atoms with van der Waals surface area (Å²) in [6.07, 6.45) is 1.45. The van der Waals surface area contributed by atoms with Gasteiger partial charge in [0, 0.05) is 31.4 Å². The molecule has 0 radical (unpaired) electrons. The molecule has 0 bridgehead atoms.